The van der Waals surface area contributed by atoms with E-state index >= 15 is 0 Å². The molecule has 1 fully saturated rings. The fraction of sp³-hybridized carbons (Fsp3) is 0.350. The lowest BCUT2D eigenvalue weighted by molar-refractivity contribution is 0.0636. The Bertz CT molecular complexity index is 771. The minimum Gasteiger partial charge on any atom is -0.497 e. The van der Waals surface area contributed by atoms with Crippen LogP contribution in [-0.2, 0) is 0 Å². The van der Waals surface area contributed by atoms with Gasteiger partial charge in [-0.05, 0) is 44.0 Å². The number of aromatic nitrogens is 1. The van der Waals surface area contributed by atoms with E-state index in [1.807, 2.05) is 25.1 Å². The van der Waals surface area contributed by atoms with E-state index in [-0.39, 0.29) is 17.6 Å². The Morgan fingerprint density at radius 2 is 2.04 bits per heavy atom. The summed E-state index contributed by atoms with van der Waals surface area (Å²) in [4.78, 5) is 31.4. The summed E-state index contributed by atoms with van der Waals surface area (Å²) in [6, 6.07) is 10.8. The Kier molecular flexibility index (Phi) is 5.12. The van der Waals surface area contributed by atoms with Gasteiger partial charge in [0.15, 0.2) is 5.78 Å². The lowest BCUT2D eigenvalue weighted by Crippen LogP contribution is -2.42. The van der Waals surface area contributed by atoms with Gasteiger partial charge in [0, 0.05) is 36.5 Å². The molecule has 1 atom stereocenters. The maximum Gasteiger partial charge on any atom is 0.255 e. The largest absolute Gasteiger partial charge is 0.497 e. The number of rotatable bonds is 4. The van der Waals surface area contributed by atoms with Crippen LogP contribution in [0.25, 0.3) is 0 Å². The van der Waals surface area contributed by atoms with Gasteiger partial charge in [0.25, 0.3) is 5.91 Å². The zero-order chi connectivity index (χ0) is 17.8. The smallest absolute Gasteiger partial charge is 0.255 e. The average molecular weight is 338 g/mol. The topological polar surface area (TPSA) is 59.5 Å². The van der Waals surface area contributed by atoms with Gasteiger partial charge in [0.1, 0.15) is 5.75 Å². The van der Waals surface area contributed by atoms with E-state index in [2.05, 4.69) is 4.98 Å². The molecule has 0 saturated carbocycles. The van der Waals surface area contributed by atoms with Crippen LogP contribution >= 0.6 is 0 Å². The Balaban J connectivity index is 1.73. The molecule has 5 nitrogen and oxygen atoms in total. The molecule has 1 aromatic heterocycles. The molecule has 1 saturated heterocycles. The molecule has 0 radical (unpaired) electrons. The highest BCUT2D eigenvalue weighted by molar-refractivity contribution is 5.99. The second-order valence-electron chi connectivity index (χ2n) is 6.37. The van der Waals surface area contributed by atoms with Gasteiger partial charge in [-0.2, -0.15) is 0 Å². The molecular weight excluding hydrogens is 316 g/mol. The predicted molar refractivity (Wildman–Crippen MR) is 94.9 cm³/mol. The third kappa shape index (κ3) is 3.87. The molecule has 0 bridgehead atoms. The Morgan fingerprint density at radius 3 is 2.76 bits per heavy atom. The third-order valence-corrected chi connectivity index (χ3v) is 4.59. The number of carbonyl (C=O) groups excluding carboxylic acids is 2. The van der Waals surface area contributed by atoms with Crippen LogP contribution in [-0.4, -0.2) is 41.8 Å². The summed E-state index contributed by atoms with van der Waals surface area (Å²) in [7, 11) is 1.58. The van der Waals surface area contributed by atoms with Gasteiger partial charge in [-0.1, -0.05) is 12.1 Å². The molecule has 1 aliphatic heterocycles. The zero-order valence-electron chi connectivity index (χ0n) is 14.6. The molecule has 0 N–H and O–H groups in total. The first-order valence-corrected chi connectivity index (χ1v) is 8.48. The van der Waals surface area contributed by atoms with Crippen LogP contribution in [0, 0.1) is 12.8 Å². The molecule has 130 valence electrons. The third-order valence-electron chi connectivity index (χ3n) is 4.59. The van der Waals surface area contributed by atoms with Crippen LogP contribution in [0.2, 0.25) is 0 Å². The number of carbonyl (C=O) groups is 2. The molecule has 1 aliphatic rings. The Labute approximate surface area is 147 Å². The second kappa shape index (κ2) is 7.47. The number of piperidine rings is 1. The van der Waals surface area contributed by atoms with Crippen molar-refractivity contribution in [3.8, 4) is 5.75 Å². The van der Waals surface area contributed by atoms with Gasteiger partial charge < -0.3 is 9.64 Å². The van der Waals surface area contributed by atoms with E-state index < -0.39 is 0 Å². The number of pyridine rings is 1. The quantitative estimate of drug-likeness (QED) is 0.804. The minimum atomic E-state index is -0.178. The molecule has 0 spiro atoms. The lowest BCUT2D eigenvalue weighted by atomic mass is 9.89. The summed E-state index contributed by atoms with van der Waals surface area (Å²) in [6.45, 7) is 3.01. The number of ether oxygens (including phenoxy) is 1. The molecule has 25 heavy (non-hydrogen) atoms. The van der Waals surface area contributed by atoms with Crippen LogP contribution in [0.5, 0.6) is 5.75 Å². The summed E-state index contributed by atoms with van der Waals surface area (Å²) < 4.78 is 5.20. The summed E-state index contributed by atoms with van der Waals surface area (Å²) in [6.07, 6.45) is 3.22. The molecule has 1 aromatic carbocycles. The predicted octanol–water partition coefficient (Wildman–Crippen LogP) is 3.13. The van der Waals surface area contributed by atoms with Gasteiger partial charge in [-0.15, -0.1) is 0 Å². The van der Waals surface area contributed by atoms with E-state index in [1.54, 1.807) is 36.4 Å². The van der Waals surface area contributed by atoms with Crippen molar-refractivity contribution in [2.45, 2.75) is 19.8 Å². The first kappa shape index (κ1) is 17.1. The summed E-state index contributed by atoms with van der Waals surface area (Å²) >= 11 is 0. The van der Waals surface area contributed by atoms with Crippen molar-refractivity contribution in [1.29, 1.82) is 0 Å². The second-order valence-corrected chi connectivity index (χ2v) is 6.37. The highest BCUT2D eigenvalue weighted by Gasteiger charge is 2.29. The van der Waals surface area contributed by atoms with Gasteiger partial charge in [-0.3, -0.25) is 14.6 Å². The van der Waals surface area contributed by atoms with Gasteiger partial charge in [-0.25, -0.2) is 0 Å². The van der Waals surface area contributed by atoms with Crippen molar-refractivity contribution in [2.24, 2.45) is 5.92 Å². The van der Waals surface area contributed by atoms with Crippen LogP contribution in [0.15, 0.2) is 42.6 Å². The molecule has 0 unspecified atom stereocenters. The summed E-state index contributed by atoms with van der Waals surface area (Å²) in [5.41, 5.74) is 2.08. The molecular formula is C20H22N2O3. The zero-order valence-corrected chi connectivity index (χ0v) is 14.6. The summed E-state index contributed by atoms with van der Waals surface area (Å²) in [5, 5.41) is 0. The van der Waals surface area contributed by atoms with Gasteiger partial charge in [0.05, 0.1) is 12.7 Å². The van der Waals surface area contributed by atoms with Crippen LogP contribution in [0.4, 0.5) is 0 Å². The molecule has 1 amide bonds. The van der Waals surface area contributed by atoms with Gasteiger partial charge in [0.2, 0.25) is 0 Å². The number of hydrogen-bond donors (Lipinski definition) is 0. The SMILES string of the molecule is COc1cccc(C(=O)[C@H]2CCCN(C(=O)c3ccc(C)nc3)C2)c1. The molecule has 5 heteroatoms. The molecule has 3 rings (SSSR count). The number of methoxy groups -OCH3 is 1. The van der Waals surface area contributed by atoms with E-state index in [9.17, 15) is 9.59 Å². The van der Waals surface area contributed by atoms with E-state index in [1.165, 1.54) is 0 Å². The number of likely N-dealkylation sites (tertiary alicyclic amines) is 1. The molecule has 0 aliphatic carbocycles. The maximum atomic E-state index is 12.8. The number of Topliss-reactive ketones (excluding diaryl/α,β-unsaturated/α-hetero) is 1. The normalized spacial score (nSPS) is 17.2. The van der Waals surface area contributed by atoms with Crippen LogP contribution < -0.4 is 4.74 Å². The first-order chi connectivity index (χ1) is 12.1. The van der Waals surface area contributed by atoms with Crippen molar-refractivity contribution in [3.63, 3.8) is 0 Å². The van der Waals surface area contributed by atoms with Crippen LogP contribution in [0.3, 0.4) is 0 Å². The van der Waals surface area contributed by atoms with Crippen molar-refractivity contribution >= 4 is 11.7 Å². The minimum absolute atomic E-state index is 0.0596. The van der Waals surface area contributed by atoms with Gasteiger partial charge >= 0.3 is 0 Å². The number of nitrogens with zero attached hydrogens (tertiary/aromatic N) is 2. The maximum absolute atomic E-state index is 12.8. The fourth-order valence-electron chi connectivity index (χ4n) is 3.16. The Morgan fingerprint density at radius 1 is 1.20 bits per heavy atom. The highest BCUT2D eigenvalue weighted by Crippen LogP contribution is 2.24. The van der Waals surface area contributed by atoms with Crippen LogP contribution in [0.1, 0.15) is 39.3 Å². The Hall–Kier alpha value is -2.69. The van der Waals surface area contributed by atoms with Crippen molar-refractivity contribution in [1.82, 2.24) is 9.88 Å². The number of benzene rings is 1. The molecule has 2 heterocycles. The van der Waals surface area contributed by atoms with E-state index in [4.69, 9.17) is 4.74 Å². The highest BCUT2D eigenvalue weighted by atomic mass is 16.5. The fourth-order valence-corrected chi connectivity index (χ4v) is 3.16. The first-order valence-electron chi connectivity index (χ1n) is 8.48. The standard InChI is InChI=1S/C20H22N2O3/c1-14-8-9-16(12-21-14)20(24)22-10-4-6-17(13-22)19(23)15-5-3-7-18(11-15)25-2/h3,5,7-9,11-12,17H,4,6,10,13H2,1-2H3/t17-/m0/s1. The average Bonchev–Trinajstić information content (AvgIpc) is 2.67. The number of hydrogen-bond acceptors (Lipinski definition) is 4. The van der Waals surface area contributed by atoms with E-state index in [0.717, 1.165) is 18.5 Å². The number of ketones is 1. The monoisotopic (exact) mass is 338 g/mol. The van der Waals surface area contributed by atoms with E-state index in [0.29, 0.717) is 30.0 Å². The molecule has 2 aromatic rings. The number of aryl methyl sites for hydroxylation is 1. The van der Waals surface area contributed by atoms with Crippen molar-refractivity contribution in [3.05, 3.63) is 59.4 Å². The van der Waals surface area contributed by atoms with Crippen molar-refractivity contribution in [2.75, 3.05) is 20.2 Å². The lowest BCUT2D eigenvalue weighted by Gasteiger charge is -2.32. The van der Waals surface area contributed by atoms with Crippen molar-refractivity contribution < 1.29 is 14.3 Å². The summed E-state index contributed by atoms with van der Waals surface area (Å²) in [5.74, 6) is 0.498. The number of amides is 1.